The summed E-state index contributed by atoms with van der Waals surface area (Å²) in [6.07, 6.45) is -3.21. The van der Waals surface area contributed by atoms with Gasteiger partial charge < -0.3 is 15.2 Å². The van der Waals surface area contributed by atoms with Crippen LogP contribution in [0.1, 0.15) is 35.7 Å². The van der Waals surface area contributed by atoms with Crippen molar-refractivity contribution in [1.29, 1.82) is 0 Å². The van der Waals surface area contributed by atoms with Gasteiger partial charge in [-0.3, -0.25) is 9.59 Å². The summed E-state index contributed by atoms with van der Waals surface area (Å²) in [5, 5.41) is 11.1. The number of benzene rings is 1. The van der Waals surface area contributed by atoms with Crippen LogP contribution in [0.4, 0.5) is 13.2 Å². The van der Waals surface area contributed by atoms with Gasteiger partial charge in [0.25, 0.3) is 5.91 Å². The SMILES string of the molecule is C=CCOc1ccc(C(F)(F)F)cc1C(=O)NC(C)CCC(=O)O. The maximum atomic E-state index is 12.8. The zero-order valence-electron chi connectivity index (χ0n) is 13.0. The summed E-state index contributed by atoms with van der Waals surface area (Å²) in [5.41, 5.74) is -1.24. The van der Waals surface area contributed by atoms with E-state index in [1.165, 1.54) is 6.08 Å². The highest BCUT2D eigenvalue weighted by Crippen LogP contribution is 2.32. The number of hydrogen-bond acceptors (Lipinski definition) is 3. The quantitative estimate of drug-likeness (QED) is 0.709. The molecule has 0 fully saturated rings. The van der Waals surface area contributed by atoms with Gasteiger partial charge >= 0.3 is 12.1 Å². The van der Waals surface area contributed by atoms with E-state index < -0.39 is 29.7 Å². The van der Waals surface area contributed by atoms with Crippen molar-refractivity contribution < 1.29 is 32.6 Å². The van der Waals surface area contributed by atoms with Crippen LogP contribution in [0.25, 0.3) is 0 Å². The van der Waals surface area contributed by atoms with Crippen LogP contribution in [0.3, 0.4) is 0 Å². The number of aliphatic carboxylic acids is 1. The van der Waals surface area contributed by atoms with Gasteiger partial charge in [0, 0.05) is 12.5 Å². The minimum atomic E-state index is -4.60. The second kappa shape index (κ2) is 8.37. The molecule has 8 heteroatoms. The van der Waals surface area contributed by atoms with Gasteiger partial charge in [-0.1, -0.05) is 12.7 Å². The molecule has 1 aromatic rings. The van der Waals surface area contributed by atoms with Gasteiger partial charge in [0.1, 0.15) is 12.4 Å². The molecule has 0 aliphatic rings. The first-order valence-corrected chi connectivity index (χ1v) is 7.12. The Morgan fingerprint density at radius 1 is 1.42 bits per heavy atom. The number of carboxylic acid groups (broad SMARTS) is 1. The van der Waals surface area contributed by atoms with Crippen molar-refractivity contribution in [2.45, 2.75) is 32.0 Å². The Labute approximate surface area is 137 Å². The number of carboxylic acids is 1. The van der Waals surface area contributed by atoms with E-state index in [2.05, 4.69) is 11.9 Å². The minimum Gasteiger partial charge on any atom is -0.489 e. The molecule has 0 aromatic heterocycles. The van der Waals surface area contributed by atoms with Crippen LogP contribution in [-0.4, -0.2) is 29.6 Å². The lowest BCUT2D eigenvalue weighted by atomic mass is 10.1. The zero-order chi connectivity index (χ0) is 18.3. The molecule has 5 nitrogen and oxygen atoms in total. The van der Waals surface area contributed by atoms with Crippen molar-refractivity contribution in [3.63, 3.8) is 0 Å². The fourth-order valence-corrected chi connectivity index (χ4v) is 1.87. The number of halogens is 3. The fourth-order valence-electron chi connectivity index (χ4n) is 1.87. The molecular formula is C16H18F3NO4. The summed E-state index contributed by atoms with van der Waals surface area (Å²) >= 11 is 0. The largest absolute Gasteiger partial charge is 0.489 e. The second-order valence-corrected chi connectivity index (χ2v) is 5.12. The zero-order valence-corrected chi connectivity index (χ0v) is 13.0. The molecule has 132 valence electrons. The molecule has 0 aliphatic carbocycles. The lowest BCUT2D eigenvalue weighted by Crippen LogP contribution is -2.33. The van der Waals surface area contributed by atoms with Crippen LogP contribution in [-0.2, 0) is 11.0 Å². The van der Waals surface area contributed by atoms with E-state index in [0.29, 0.717) is 6.07 Å². The summed E-state index contributed by atoms with van der Waals surface area (Å²) in [5.74, 6) is -1.80. The fraction of sp³-hybridized carbons (Fsp3) is 0.375. The maximum absolute atomic E-state index is 12.8. The normalized spacial score (nSPS) is 12.3. The monoisotopic (exact) mass is 345 g/mol. The molecule has 0 bridgehead atoms. The third-order valence-corrected chi connectivity index (χ3v) is 3.08. The lowest BCUT2D eigenvalue weighted by molar-refractivity contribution is -0.138. The molecule has 0 spiro atoms. The number of carbonyl (C=O) groups is 2. The lowest BCUT2D eigenvalue weighted by Gasteiger charge is -2.16. The third kappa shape index (κ3) is 5.94. The van der Waals surface area contributed by atoms with E-state index in [1.54, 1.807) is 6.92 Å². The van der Waals surface area contributed by atoms with Crippen LogP contribution in [0.2, 0.25) is 0 Å². The molecule has 1 rings (SSSR count). The summed E-state index contributed by atoms with van der Waals surface area (Å²) in [7, 11) is 0. The van der Waals surface area contributed by atoms with Crippen LogP contribution in [0.15, 0.2) is 30.9 Å². The van der Waals surface area contributed by atoms with Crippen molar-refractivity contribution >= 4 is 11.9 Å². The van der Waals surface area contributed by atoms with Gasteiger partial charge in [-0.15, -0.1) is 0 Å². The molecule has 1 unspecified atom stereocenters. The van der Waals surface area contributed by atoms with Gasteiger partial charge in [0.15, 0.2) is 0 Å². The standard InChI is InChI=1S/C16H18F3NO4/c1-3-8-24-13-6-5-11(16(17,18)19)9-12(13)15(23)20-10(2)4-7-14(21)22/h3,5-6,9-10H,1,4,7-8H2,2H3,(H,20,23)(H,21,22). The molecule has 1 atom stereocenters. The van der Waals surface area contributed by atoms with Crippen molar-refractivity contribution in [1.82, 2.24) is 5.32 Å². The van der Waals surface area contributed by atoms with Crippen LogP contribution >= 0.6 is 0 Å². The molecule has 1 aromatic carbocycles. The smallest absolute Gasteiger partial charge is 0.416 e. The molecule has 0 saturated carbocycles. The van der Waals surface area contributed by atoms with Crippen molar-refractivity contribution in [2.24, 2.45) is 0 Å². The summed E-state index contributed by atoms with van der Waals surface area (Å²) in [6, 6.07) is 2.08. The molecule has 0 aliphatic heterocycles. The summed E-state index contributed by atoms with van der Waals surface area (Å²) in [6.45, 7) is 5.03. The highest BCUT2D eigenvalue weighted by Gasteiger charge is 2.32. The number of amides is 1. The Hall–Kier alpha value is -2.51. The number of nitrogens with one attached hydrogen (secondary N) is 1. The van der Waals surface area contributed by atoms with Crippen LogP contribution < -0.4 is 10.1 Å². The Morgan fingerprint density at radius 2 is 2.08 bits per heavy atom. The minimum absolute atomic E-state index is 0.00849. The van der Waals surface area contributed by atoms with Crippen LogP contribution in [0, 0.1) is 0 Å². The first-order valence-electron chi connectivity index (χ1n) is 7.12. The number of rotatable bonds is 8. The van der Waals surface area contributed by atoms with E-state index in [9.17, 15) is 22.8 Å². The molecule has 0 saturated heterocycles. The predicted octanol–water partition coefficient (Wildman–Crippen LogP) is 3.25. The van der Waals surface area contributed by atoms with E-state index in [0.717, 1.165) is 12.1 Å². The Bertz CT molecular complexity index is 614. The van der Waals surface area contributed by atoms with Gasteiger partial charge in [-0.2, -0.15) is 13.2 Å². The summed E-state index contributed by atoms with van der Waals surface area (Å²) in [4.78, 5) is 22.8. The van der Waals surface area contributed by atoms with E-state index in [-0.39, 0.29) is 30.8 Å². The first kappa shape index (κ1) is 19.5. The van der Waals surface area contributed by atoms with Crippen LogP contribution in [0.5, 0.6) is 5.75 Å². The van der Waals surface area contributed by atoms with Gasteiger partial charge in [-0.05, 0) is 31.5 Å². The number of carbonyl (C=O) groups excluding carboxylic acids is 1. The predicted molar refractivity (Wildman–Crippen MR) is 80.9 cm³/mol. The average Bonchev–Trinajstić information content (AvgIpc) is 2.49. The molecular weight excluding hydrogens is 327 g/mol. The van der Waals surface area contributed by atoms with Gasteiger partial charge in [0.2, 0.25) is 0 Å². The summed E-state index contributed by atoms with van der Waals surface area (Å²) < 4.78 is 43.7. The molecule has 1 amide bonds. The van der Waals surface area contributed by atoms with Crippen molar-refractivity contribution in [3.8, 4) is 5.75 Å². The second-order valence-electron chi connectivity index (χ2n) is 5.12. The topological polar surface area (TPSA) is 75.6 Å². The highest BCUT2D eigenvalue weighted by atomic mass is 19.4. The van der Waals surface area contributed by atoms with E-state index in [4.69, 9.17) is 9.84 Å². The number of hydrogen-bond donors (Lipinski definition) is 2. The van der Waals surface area contributed by atoms with E-state index in [1.807, 2.05) is 0 Å². The Balaban J connectivity index is 3.01. The Kier molecular flexibility index (Phi) is 6.82. The highest BCUT2D eigenvalue weighted by molar-refractivity contribution is 5.97. The molecule has 0 heterocycles. The Morgan fingerprint density at radius 3 is 2.62 bits per heavy atom. The van der Waals surface area contributed by atoms with Crippen molar-refractivity contribution in [2.75, 3.05) is 6.61 Å². The van der Waals surface area contributed by atoms with Gasteiger partial charge in [0.05, 0.1) is 11.1 Å². The molecule has 24 heavy (non-hydrogen) atoms. The van der Waals surface area contributed by atoms with Crippen molar-refractivity contribution in [3.05, 3.63) is 42.0 Å². The molecule has 2 N–H and O–H groups in total. The molecule has 0 radical (unpaired) electrons. The number of ether oxygens (including phenoxy) is 1. The van der Waals surface area contributed by atoms with Gasteiger partial charge in [-0.25, -0.2) is 0 Å². The third-order valence-electron chi connectivity index (χ3n) is 3.08. The number of alkyl halides is 3. The average molecular weight is 345 g/mol. The maximum Gasteiger partial charge on any atom is 0.416 e. The first-order chi connectivity index (χ1) is 11.1. The van der Waals surface area contributed by atoms with E-state index >= 15 is 0 Å².